The van der Waals surface area contributed by atoms with Crippen LogP contribution in [-0.2, 0) is 4.57 Å². The molecule has 0 amide bonds. The van der Waals surface area contributed by atoms with Crippen LogP contribution >= 0.6 is 16.6 Å². The molecule has 0 heterocycles. The van der Waals surface area contributed by atoms with Crippen molar-refractivity contribution in [2.75, 3.05) is 0 Å². The zero-order valence-corrected chi connectivity index (χ0v) is 4.09. The molecule has 0 rings (SSSR count). The molecule has 4 heteroatoms. The average Bonchev–Trinajstić information content (AvgIpc) is 0.811. The normalized spacial score (nSPS) is 12.4. The molecule has 2 atom stereocenters. The van der Waals surface area contributed by atoms with Crippen molar-refractivity contribution in [2.45, 2.75) is 7.43 Å². The van der Waals surface area contributed by atoms with E-state index in [0.717, 1.165) is 0 Å². The zero-order valence-electron chi connectivity index (χ0n) is 1.93. The lowest BCUT2D eigenvalue weighted by Crippen LogP contribution is -1.19. The maximum Gasteiger partial charge on any atom is 0.202 e. The first kappa shape index (κ1) is 9.15. The average molecular weight is 114 g/mol. The highest BCUT2D eigenvalue weighted by molar-refractivity contribution is 8.03. The molecule has 5 heavy (non-hydrogen) atoms. The molecule has 1 N–H and O–H groups in total. The summed E-state index contributed by atoms with van der Waals surface area (Å²) in [5.74, 6) is 0. The summed E-state index contributed by atoms with van der Waals surface area (Å²) < 4.78 is 9.15. The molecule has 0 spiro atoms. The van der Waals surface area contributed by atoms with Gasteiger partial charge in [-0.3, -0.25) is 4.57 Å². The maximum atomic E-state index is 9.15. The lowest BCUT2D eigenvalue weighted by Gasteiger charge is -1.61. The predicted octanol–water partition coefficient (Wildman–Crippen LogP) is 0.880. The van der Waals surface area contributed by atoms with Gasteiger partial charge in [0.2, 0.25) is 7.72 Å². The van der Waals surface area contributed by atoms with Gasteiger partial charge < -0.3 is 4.89 Å². The molecule has 2 unspecified atom stereocenters. The Bertz CT molecular complexity index is 30.6. The van der Waals surface area contributed by atoms with Crippen LogP contribution in [0.4, 0.5) is 0 Å². The van der Waals surface area contributed by atoms with Crippen LogP contribution in [0.15, 0.2) is 0 Å². The van der Waals surface area contributed by atoms with E-state index in [4.69, 9.17) is 9.46 Å². The van der Waals surface area contributed by atoms with E-state index in [0.29, 0.717) is 0 Å². The van der Waals surface area contributed by atoms with Gasteiger partial charge in [-0.15, -0.1) is 0 Å². The van der Waals surface area contributed by atoms with E-state index in [1.807, 2.05) is 0 Å². The highest BCUT2D eigenvalue weighted by Crippen LogP contribution is 2.21. The second-order valence-electron chi connectivity index (χ2n) is 0.338. The largest absolute Gasteiger partial charge is 0.344 e. The van der Waals surface area contributed by atoms with Crippen LogP contribution in [0.25, 0.3) is 0 Å². The van der Waals surface area contributed by atoms with Gasteiger partial charge in [-0.2, -0.15) is 0 Å². The van der Waals surface area contributed by atoms with Crippen molar-refractivity contribution in [1.82, 2.24) is 0 Å². The van der Waals surface area contributed by atoms with E-state index in [1.165, 1.54) is 0 Å². The molecule has 0 fully saturated rings. The molecule has 34 valence electrons. The predicted molar refractivity (Wildman–Crippen MR) is 27.7 cm³/mol. The van der Waals surface area contributed by atoms with Gasteiger partial charge in [0.15, 0.2) is 0 Å². The van der Waals surface area contributed by atoms with Crippen molar-refractivity contribution in [3.8, 4) is 0 Å². The summed E-state index contributed by atoms with van der Waals surface area (Å²) in [7, 11) is -0.454. The van der Waals surface area contributed by atoms with Crippen molar-refractivity contribution >= 4 is 16.6 Å². The van der Waals surface area contributed by atoms with Gasteiger partial charge in [0, 0.05) is 0 Å². The highest BCUT2D eigenvalue weighted by Gasteiger charge is 1.59. The van der Waals surface area contributed by atoms with Gasteiger partial charge in [-0.1, -0.05) is 7.43 Å². The fraction of sp³-hybridized carbons (Fsp3) is 1.00. The SMILES string of the molecule is C.O=[PH](O)P. The Morgan fingerprint density at radius 2 is 1.80 bits per heavy atom. The maximum absolute atomic E-state index is 9.15. The van der Waals surface area contributed by atoms with Crippen LogP contribution < -0.4 is 0 Å². The summed E-state index contributed by atoms with van der Waals surface area (Å²) in [6.07, 6.45) is 0. The van der Waals surface area contributed by atoms with Gasteiger partial charge in [-0.05, 0) is 8.93 Å². The fourth-order valence-corrected chi connectivity index (χ4v) is 0. The second kappa shape index (κ2) is 4.62. The van der Waals surface area contributed by atoms with Crippen molar-refractivity contribution in [2.24, 2.45) is 0 Å². The Morgan fingerprint density at radius 3 is 1.80 bits per heavy atom. The van der Waals surface area contributed by atoms with Crippen LogP contribution in [0.1, 0.15) is 7.43 Å². The third-order valence-corrected chi connectivity index (χ3v) is 0. The Hall–Kier alpha value is 0.620. The Balaban J connectivity index is 0. The minimum atomic E-state index is -2.21. The van der Waals surface area contributed by atoms with E-state index < -0.39 is 7.72 Å². The first-order valence-electron chi connectivity index (χ1n) is 0.716. The summed E-state index contributed by atoms with van der Waals surface area (Å²) in [6.45, 7) is 0. The Labute approximate surface area is 34.6 Å². The third kappa shape index (κ3) is 82.5. The van der Waals surface area contributed by atoms with Gasteiger partial charge in [0.1, 0.15) is 0 Å². The molecular formula is CH8O2P2. The van der Waals surface area contributed by atoms with Crippen LogP contribution in [0, 0.1) is 0 Å². The van der Waals surface area contributed by atoms with Crippen molar-refractivity contribution < 1.29 is 9.46 Å². The molecule has 0 aliphatic carbocycles. The molecule has 0 bridgehead atoms. The first-order chi connectivity index (χ1) is 1.73. The Morgan fingerprint density at radius 1 is 1.80 bits per heavy atom. The smallest absolute Gasteiger partial charge is 0.202 e. The molecule has 0 aromatic rings. The lowest BCUT2D eigenvalue weighted by atomic mass is 12.0. The first-order valence-corrected chi connectivity index (χ1v) is 3.88. The molecular weight excluding hydrogens is 106 g/mol. The topological polar surface area (TPSA) is 37.3 Å². The molecule has 0 aromatic heterocycles. The van der Waals surface area contributed by atoms with Crippen LogP contribution in [0.5, 0.6) is 0 Å². The molecule has 0 saturated carbocycles. The minimum Gasteiger partial charge on any atom is -0.344 e. The summed E-state index contributed by atoms with van der Waals surface area (Å²) >= 11 is 0. The lowest BCUT2D eigenvalue weighted by molar-refractivity contribution is 0.519. The third-order valence-electron chi connectivity index (χ3n) is 0. The summed E-state index contributed by atoms with van der Waals surface area (Å²) in [6, 6.07) is 0. The zero-order chi connectivity index (χ0) is 3.58. The Kier molecular flexibility index (Phi) is 8.46. The number of rotatable bonds is 0. The van der Waals surface area contributed by atoms with Crippen molar-refractivity contribution in [1.29, 1.82) is 0 Å². The molecule has 0 aromatic carbocycles. The van der Waals surface area contributed by atoms with E-state index in [2.05, 4.69) is 0 Å². The number of hydrogen-bond acceptors (Lipinski definition) is 1. The summed E-state index contributed by atoms with van der Waals surface area (Å²) in [4.78, 5) is 7.56. The molecule has 0 aliphatic heterocycles. The van der Waals surface area contributed by atoms with E-state index in [-0.39, 0.29) is 7.43 Å². The second-order valence-corrected chi connectivity index (χ2v) is 2.50. The van der Waals surface area contributed by atoms with Gasteiger partial charge >= 0.3 is 0 Å². The molecule has 0 radical (unpaired) electrons. The molecule has 0 saturated heterocycles. The van der Waals surface area contributed by atoms with E-state index in [9.17, 15) is 0 Å². The van der Waals surface area contributed by atoms with Crippen LogP contribution in [0.3, 0.4) is 0 Å². The van der Waals surface area contributed by atoms with Crippen LogP contribution in [-0.4, -0.2) is 4.89 Å². The van der Waals surface area contributed by atoms with Gasteiger partial charge in [0.25, 0.3) is 0 Å². The highest BCUT2D eigenvalue weighted by atomic mass is 32.0. The minimum absolute atomic E-state index is 0. The van der Waals surface area contributed by atoms with E-state index >= 15 is 0 Å². The fourth-order valence-electron chi connectivity index (χ4n) is 0. The monoisotopic (exact) mass is 114 g/mol. The van der Waals surface area contributed by atoms with Crippen molar-refractivity contribution in [3.05, 3.63) is 0 Å². The standard InChI is InChI=1S/CH4.H4O2P2/c;1-4(2)3/h1H4;4H,3H2,(H,1,2). The summed E-state index contributed by atoms with van der Waals surface area (Å²) in [5.41, 5.74) is 0. The van der Waals surface area contributed by atoms with Gasteiger partial charge in [-0.25, -0.2) is 0 Å². The summed E-state index contributed by atoms with van der Waals surface area (Å²) in [5, 5.41) is 0. The van der Waals surface area contributed by atoms with E-state index in [1.54, 1.807) is 8.93 Å². The molecule has 2 nitrogen and oxygen atoms in total. The quantitative estimate of drug-likeness (QED) is 0.474. The van der Waals surface area contributed by atoms with Crippen LogP contribution in [0.2, 0.25) is 0 Å². The van der Waals surface area contributed by atoms with Crippen molar-refractivity contribution in [3.63, 3.8) is 0 Å². The number of hydrogen-bond donors (Lipinski definition) is 1. The van der Waals surface area contributed by atoms with Gasteiger partial charge in [0.05, 0.1) is 0 Å². The molecule has 0 aliphatic rings.